The summed E-state index contributed by atoms with van der Waals surface area (Å²) in [6.45, 7) is 0. The van der Waals surface area contributed by atoms with Crippen molar-refractivity contribution in [2.75, 3.05) is 5.32 Å². The number of amides is 1. The molecule has 24 heavy (non-hydrogen) atoms. The van der Waals surface area contributed by atoms with E-state index in [2.05, 4.69) is 20.5 Å². The Balaban J connectivity index is 1.89. The fourth-order valence-corrected chi connectivity index (χ4v) is 2.23. The lowest BCUT2D eigenvalue weighted by Gasteiger charge is -2.05. The summed E-state index contributed by atoms with van der Waals surface area (Å²) < 4.78 is 0. The first-order valence-electron chi connectivity index (χ1n) is 7.13. The van der Waals surface area contributed by atoms with Crippen molar-refractivity contribution in [3.05, 3.63) is 70.7 Å². The second-order valence-electron chi connectivity index (χ2n) is 4.96. The normalized spacial score (nSPS) is 10.9. The summed E-state index contributed by atoms with van der Waals surface area (Å²) in [5.74, 6) is -0.0201. The van der Waals surface area contributed by atoms with Crippen molar-refractivity contribution >= 4 is 41.0 Å². The van der Waals surface area contributed by atoms with Crippen LogP contribution in [0.3, 0.4) is 0 Å². The van der Waals surface area contributed by atoms with Crippen LogP contribution in [0.4, 0.5) is 17.3 Å². The predicted octanol–water partition coefficient (Wildman–Crippen LogP) is 3.66. The molecule has 120 valence electrons. The average molecular weight is 340 g/mol. The van der Waals surface area contributed by atoms with Crippen molar-refractivity contribution in [1.82, 2.24) is 10.2 Å². The molecule has 0 spiro atoms. The number of aliphatic imine (C=N–C) groups is 1. The molecule has 2 aromatic carbocycles. The number of nitrogens with one attached hydrogen (secondary N) is 2. The van der Waals surface area contributed by atoms with Gasteiger partial charge < -0.3 is 11.1 Å². The molecular weight excluding hydrogens is 326 g/mol. The number of nitrogens with zero attached hydrogens (tertiary/aromatic N) is 2. The van der Waals surface area contributed by atoms with Gasteiger partial charge in [-0.2, -0.15) is 5.10 Å². The van der Waals surface area contributed by atoms with Crippen LogP contribution >= 0.6 is 11.6 Å². The van der Waals surface area contributed by atoms with Gasteiger partial charge >= 0.3 is 0 Å². The Kier molecular flexibility index (Phi) is 4.58. The Morgan fingerprint density at radius 2 is 1.88 bits per heavy atom. The third-order valence-electron chi connectivity index (χ3n) is 3.24. The maximum Gasteiger partial charge on any atom is 0.256 e. The van der Waals surface area contributed by atoms with Crippen LogP contribution < -0.4 is 11.1 Å². The van der Waals surface area contributed by atoms with E-state index in [0.717, 1.165) is 11.3 Å². The van der Waals surface area contributed by atoms with Gasteiger partial charge in [0.05, 0.1) is 0 Å². The van der Waals surface area contributed by atoms with E-state index >= 15 is 0 Å². The molecule has 7 heteroatoms. The highest BCUT2D eigenvalue weighted by Crippen LogP contribution is 2.26. The fourth-order valence-electron chi connectivity index (χ4n) is 2.10. The summed E-state index contributed by atoms with van der Waals surface area (Å²) in [5, 5.41) is 10.5. The largest absolute Gasteiger partial charge is 0.365 e. The van der Waals surface area contributed by atoms with Gasteiger partial charge in [-0.05, 0) is 29.8 Å². The molecule has 1 heterocycles. The highest BCUT2D eigenvalue weighted by molar-refractivity contribution is 6.30. The Bertz CT molecular complexity index is 872. The molecule has 0 aliphatic rings. The molecule has 0 atom stereocenters. The molecule has 0 radical (unpaired) electrons. The van der Waals surface area contributed by atoms with Crippen molar-refractivity contribution in [3.63, 3.8) is 0 Å². The number of benzene rings is 2. The van der Waals surface area contributed by atoms with Crippen LogP contribution in [0.25, 0.3) is 0 Å². The first-order valence-corrected chi connectivity index (χ1v) is 7.51. The van der Waals surface area contributed by atoms with Crippen LogP contribution in [0.5, 0.6) is 0 Å². The van der Waals surface area contributed by atoms with E-state index in [9.17, 15) is 4.79 Å². The van der Waals surface area contributed by atoms with Gasteiger partial charge in [0.1, 0.15) is 11.4 Å². The van der Waals surface area contributed by atoms with E-state index in [1.807, 2.05) is 30.3 Å². The molecule has 1 aromatic heterocycles. The number of carbonyl (C=O) groups excluding carboxylic acids is 1. The smallest absolute Gasteiger partial charge is 0.256 e. The summed E-state index contributed by atoms with van der Waals surface area (Å²) in [7, 11) is 0. The number of H-pyrrole nitrogens is 1. The topological polar surface area (TPSA) is 96.2 Å². The lowest BCUT2D eigenvalue weighted by Crippen LogP contribution is -2.12. The van der Waals surface area contributed by atoms with Gasteiger partial charge in [-0.25, -0.2) is 4.99 Å². The van der Waals surface area contributed by atoms with Gasteiger partial charge in [0.15, 0.2) is 5.82 Å². The molecule has 0 unspecified atom stereocenters. The van der Waals surface area contributed by atoms with E-state index in [1.54, 1.807) is 30.5 Å². The molecule has 6 nitrogen and oxygen atoms in total. The molecule has 0 saturated carbocycles. The second kappa shape index (κ2) is 6.97. The van der Waals surface area contributed by atoms with Crippen molar-refractivity contribution in [1.29, 1.82) is 0 Å². The Morgan fingerprint density at radius 3 is 2.54 bits per heavy atom. The van der Waals surface area contributed by atoms with Gasteiger partial charge in [0.25, 0.3) is 5.91 Å². The number of carbonyl (C=O) groups is 1. The standard InChI is InChI=1S/C17H14ClN5O/c18-12-6-8-13(9-7-12)21-17-14(15(19)24)16(22-23-17)20-10-11-4-2-1-3-5-11/h1-10H,(H2,19,24)(H2,21,22,23). The zero-order chi connectivity index (χ0) is 16.9. The van der Waals surface area contributed by atoms with Crippen LogP contribution in [-0.2, 0) is 0 Å². The molecule has 0 aliphatic heterocycles. The van der Waals surface area contributed by atoms with Crippen LogP contribution in [0.15, 0.2) is 59.6 Å². The predicted molar refractivity (Wildman–Crippen MR) is 95.5 cm³/mol. The van der Waals surface area contributed by atoms with Gasteiger partial charge in [0, 0.05) is 16.9 Å². The van der Waals surface area contributed by atoms with E-state index in [1.165, 1.54) is 0 Å². The summed E-state index contributed by atoms with van der Waals surface area (Å²) in [6.07, 6.45) is 1.62. The molecular formula is C17H14ClN5O. The molecule has 0 bridgehead atoms. The summed E-state index contributed by atoms with van der Waals surface area (Å²) in [5.41, 5.74) is 7.30. The van der Waals surface area contributed by atoms with Crippen LogP contribution in [0, 0.1) is 0 Å². The number of primary amides is 1. The molecule has 4 N–H and O–H groups in total. The van der Waals surface area contributed by atoms with Crippen LogP contribution in [0.1, 0.15) is 15.9 Å². The first kappa shape index (κ1) is 15.8. The third kappa shape index (κ3) is 3.61. The molecule has 1 amide bonds. The highest BCUT2D eigenvalue weighted by atomic mass is 35.5. The van der Waals surface area contributed by atoms with Crippen LogP contribution in [0.2, 0.25) is 5.02 Å². The maximum atomic E-state index is 11.8. The number of aromatic amines is 1. The SMILES string of the molecule is NC(=O)c1c(N=Cc2ccccc2)n[nH]c1Nc1ccc(Cl)cc1. The minimum absolute atomic E-state index is 0.192. The number of anilines is 2. The Morgan fingerprint density at radius 1 is 1.17 bits per heavy atom. The average Bonchev–Trinajstić information content (AvgIpc) is 2.99. The summed E-state index contributed by atoms with van der Waals surface area (Å²) >= 11 is 5.86. The van der Waals surface area contributed by atoms with Crippen molar-refractivity contribution in [2.45, 2.75) is 0 Å². The number of rotatable bonds is 5. The van der Waals surface area contributed by atoms with E-state index in [0.29, 0.717) is 10.8 Å². The van der Waals surface area contributed by atoms with Crippen molar-refractivity contribution < 1.29 is 4.79 Å². The molecule has 0 fully saturated rings. The quantitative estimate of drug-likeness (QED) is 0.619. The lowest BCUT2D eigenvalue weighted by molar-refractivity contribution is 0.100. The molecule has 0 aliphatic carbocycles. The van der Waals surface area contributed by atoms with Gasteiger partial charge in [-0.15, -0.1) is 0 Å². The Hall–Kier alpha value is -3.12. The van der Waals surface area contributed by atoms with E-state index in [4.69, 9.17) is 17.3 Å². The first-order chi connectivity index (χ1) is 11.6. The van der Waals surface area contributed by atoms with Gasteiger partial charge in [0.2, 0.25) is 0 Å². The summed E-state index contributed by atoms with van der Waals surface area (Å²) in [4.78, 5) is 16.0. The van der Waals surface area contributed by atoms with Gasteiger partial charge in [-0.3, -0.25) is 9.89 Å². The molecule has 0 saturated heterocycles. The third-order valence-corrected chi connectivity index (χ3v) is 3.49. The fraction of sp³-hybridized carbons (Fsp3) is 0. The maximum absolute atomic E-state index is 11.8. The number of nitrogens with two attached hydrogens (primary N) is 1. The Labute approximate surface area is 143 Å². The monoisotopic (exact) mass is 339 g/mol. The van der Waals surface area contributed by atoms with E-state index in [-0.39, 0.29) is 11.4 Å². The minimum Gasteiger partial charge on any atom is -0.365 e. The number of aromatic nitrogens is 2. The zero-order valence-electron chi connectivity index (χ0n) is 12.5. The number of hydrogen-bond acceptors (Lipinski definition) is 4. The van der Waals surface area contributed by atoms with Crippen molar-refractivity contribution in [2.24, 2.45) is 10.7 Å². The molecule has 3 rings (SSSR count). The van der Waals surface area contributed by atoms with Gasteiger partial charge in [-0.1, -0.05) is 41.9 Å². The number of hydrogen-bond donors (Lipinski definition) is 3. The minimum atomic E-state index is -0.625. The van der Waals surface area contributed by atoms with Crippen molar-refractivity contribution in [3.8, 4) is 0 Å². The zero-order valence-corrected chi connectivity index (χ0v) is 13.3. The van der Waals surface area contributed by atoms with E-state index < -0.39 is 5.91 Å². The summed E-state index contributed by atoms with van der Waals surface area (Å²) in [6, 6.07) is 16.5. The molecule has 3 aromatic rings. The number of halogens is 1. The van der Waals surface area contributed by atoms with Crippen LogP contribution in [-0.4, -0.2) is 22.3 Å². The lowest BCUT2D eigenvalue weighted by atomic mass is 10.2. The second-order valence-corrected chi connectivity index (χ2v) is 5.40. The highest BCUT2D eigenvalue weighted by Gasteiger charge is 2.18.